The normalized spacial score (nSPS) is 10.2. The minimum absolute atomic E-state index is 1.02. The molecule has 0 heterocycles. The average molecular weight is 136 g/mol. The van der Waals surface area contributed by atoms with Crippen LogP contribution in [0.3, 0.4) is 0 Å². The minimum atomic E-state index is 1.02. The van der Waals surface area contributed by atoms with Gasteiger partial charge in [0.05, 0.1) is 0 Å². The molecular formula is C10H16. The Labute approximate surface area is 64.0 Å². The van der Waals surface area contributed by atoms with Gasteiger partial charge >= 0.3 is 0 Å². The summed E-state index contributed by atoms with van der Waals surface area (Å²) in [5, 5.41) is 0. The van der Waals surface area contributed by atoms with E-state index in [1.807, 2.05) is 12.2 Å². The Morgan fingerprint density at radius 3 is 1.50 bits per heavy atom. The lowest BCUT2D eigenvalue weighted by atomic mass is 10.1. The number of rotatable bonds is 4. The van der Waals surface area contributed by atoms with Crippen molar-refractivity contribution in [3.63, 3.8) is 0 Å². The van der Waals surface area contributed by atoms with Crippen molar-refractivity contribution in [2.24, 2.45) is 0 Å². The van der Waals surface area contributed by atoms with Crippen molar-refractivity contribution < 1.29 is 0 Å². The summed E-state index contributed by atoms with van der Waals surface area (Å²) in [5.74, 6) is 0. The number of hydrogen-bond acceptors (Lipinski definition) is 0. The zero-order valence-corrected chi connectivity index (χ0v) is 6.98. The van der Waals surface area contributed by atoms with Crippen molar-refractivity contribution in [1.29, 1.82) is 0 Å². The van der Waals surface area contributed by atoms with E-state index in [1.54, 1.807) is 0 Å². The molecule has 0 bridgehead atoms. The molecule has 0 aromatic rings. The van der Waals surface area contributed by atoms with E-state index in [9.17, 15) is 0 Å². The highest BCUT2D eigenvalue weighted by atomic mass is 13.9. The Kier molecular flexibility index (Phi) is 4.65. The lowest BCUT2D eigenvalue weighted by Crippen LogP contribution is -1.72. The van der Waals surface area contributed by atoms with Crippen LogP contribution in [0.25, 0.3) is 0 Å². The summed E-state index contributed by atoms with van der Waals surface area (Å²) in [6.45, 7) is 11.9. The van der Waals surface area contributed by atoms with E-state index in [2.05, 4.69) is 27.0 Å². The van der Waals surface area contributed by atoms with Crippen LogP contribution in [0.1, 0.15) is 26.7 Å². The molecule has 0 spiro atoms. The van der Waals surface area contributed by atoms with Gasteiger partial charge in [-0.15, -0.1) is 0 Å². The summed E-state index contributed by atoms with van der Waals surface area (Å²) in [5.41, 5.74) is 2.32. The van der Waals surface area contributed by atoms with Crippen molar-refractivity contribution in [2.45, 2.75) is 26.7 Å². The third-order valence-corrected chi connectivity index (χ3v) is 1.46. The van der Waals surface area contributed by atoms with Gasteiger partial charge in [-0.05, 0) is 12.8 Å². The first kappa shape index (κ1) is 9.22. The van der Waals surface area contributed by atoms with E-state index in [1.165, 1.54) is 0 Å². The monoisotopic (exact) mass is 136 g/mol. The van der Waals surface area contributed by atoms with Gasteiger partial charge in [-0.2, -0.15) is 0 Å². The molecule has 0 aliphatic rings. The Bertz CT molecular complexity index is 131. The van der Waals surface area contributed by atoms with Crippen LogP contribution < -0.4 is 0 Å². The molecule has 0 atom stereocenters. The van der Waals surface area contributed by atoms with Crippen molar-refractivity contribution in [3.8, 4) is 0 Å². The maximum absolute atomic E-state index is 3.85. The van der Waals surface area contributed by atoms with Gasteiger partial charge in [-0.3, -0.25) is 0 Å². The summed E-state index contributed by atoms with van der Waals surface area (Å²) in [4.78, 5) is 0. The molecule has 0 aromatic carbocycles. The number of hydrogen-bond donors (Lipinski definition) is 0. The first-order valence-corrected chi connectivity index (χ1v) is 3.74. The van der Waals surface area contributed by atoms with Crippen LogP contribution in [0, 0.1) is 0 Å². The van der Waals surface area contributed by atoms with E-state index in [0.717, 1.165) is 24.0 Å². The standard InChI is InChI=1S/C10H16/c1-5-9(3)7-8-10(4)6-2/h7-8H,3-6H2,1-2H3/b8-7-. The molecule has 0 N–H and O–H groups in total. The Morgan fingerprint density at radius 1 is 1.00 bits per heavy atom. The Balaban J connectivity index is 3.75. The fourth-order valence-electron chi connectivity index (χ4n) is 0.471. The van der Waals surface area contributed by atoms with E-state index >= 15 is 0 Å². The summed E-state index contributed by atoms with van der Waals surface area (Å²) in [7, 11) is 0. The zero-order valence-electron chi connectivity index (χ0n) is 6.98. The second-order valence-electron chi connectivity index (χ2n) is 2.36. The fraction of sp³-hybridized carbons (Fsp3) is 0.400. The topological polar surface area (TPSA) is 0 Å². The molecule has 10 heavy (non-hydrogen) atoms. The van der Waals surface area contributed by atoms with Gasteiger partial charge in [0.1, 0.15) is 0 Å². The fourth-order valence-corrected chi connectivity index (χ4v) is 0.471. The molecule has 0 rings (SSSR count). The zero-order chi connectivity index (χ0) is 7.98. The van der Waals surface area contributed by atoms with Crippen LogP contribution in [-0.2, 0) is 0 Å². The second kappa shape index (κ2) is 5.04. The molecule has 0 aromatic heterocycles. The van der Waals surface area contributed by atoms with Gasteiger partial charge in [-0.1, -0.05) is 50.3 Å². The van der Waals surface area contributed by atoms with Crippen LogP contribution in [-0.4, -0.2) is 0 Å². The Hall–Kier alpha value is -0.780. The minimum Gasteiger partial charge on any atom is -0.0958 e. The second-order valence-corrected chi connectivity index (χ2v) is 2.36. The summed E-state index contributed by atoms with van der Waals surface area (Å²) >= 11 is 0. The molecule has 0 amide bonds. The van der Waals surface area contributed by atoms with Gasteiger partial charge in [0.15, 0.2) is 0 Å². The van der Waals surface area contributed by atoms with E-state index in [-0.39, 0.29) is 0 Å². The SMILES string of the molecule is C=C(/C=C\C(=C)CC)CC. The molecule has 56 valence electrons. The smallest absolute Gasteiger partial charge is 0.0313 e. The van der Waals surface area contributed by atoms with E-state index in [4.69, 9.17) is 0 Å². The first-order valence-electron chi connectivity index (χ1n) is 3.74. The van der Waals surface area contributed by atoms with Crippen molar-refractivity contribution in [3.05, 3.63) is 36.5 Å². The van der Waals surface area contributed by atoms with E-state index in [0.29, 0.717) is 0 Å². The third kappa shape index (κ3) is 4.13. The van der Waals surface area contributed by atoms with Gasteiger partial charge < -0.3 is 0 Å². The molecule has 0 aliphatic heterocycles. The molecule has 0 unspecified atom stereocenters. The molecule has 0 aliphatic carbocycles. The lowest BCUT2D eigenvalue weighted by Gasteiger charge is -1.93. The van der Waals surface area contributed by atoms with Crippen molar-refractivity contribution in [1.82, 2.24) is 0 Å². The predicted octanol–water partition coefficient (Wildman–Crippen LogP) is 3.48. The number of allylic oxidation sites excluding steroid dienone is 4. The van der Waals surface area contributed by atoms with E-state index < -0.39 is 0 Å². The highest BCUT2D eigenvalue weighted by molar-refractivity contribution is 5.23. The maximum Gasteiger partial charge on any atom is -0.0313 e. The third-order valence-electron chi connectivity index (χ3n) is 1.46. The molecule has 0 saturated heterocycles. The van der Waals surface area contributed by atoms with Crippen LogP contribution in [0.5, 0.6) is 0 Å². The summed E-state index contributed by atoms with van der Waals surface area (Å²) in [6, 6.07) is 0. The summed E-state index contributed by atoms with van der Waals surface area (Å²) in [6.07, 6.45) is 6.11. The van der Waals surface area contributed by atoms with Gasteiger partial charge in [0.25, 0.3) is 0 Å². The average Bonchev–Trinajstić information content (AvgIpc) is 1.99. The van der Waals surface area contributed by atoms with Crippen molar-refractivity contribution in [2.75, 3.05) is 0 Å². The molecule has 0 saturated carbocycles. The molecule has 0 heteroatoms. The van der Waals surface area contributed by atoms with Crippen LogP contribution >= 0.6 is 0 Å². The molecule has 0 nitrogen and oxygen atoms in total. The van der Waals surface area contributed by atoms with Crippen molar-refractivity contribution >= 4 is 0 Å². The van der Waals surface area contributed by atoms with Crippen LogP contribution in [0.2, 0.25) is 0 Å². The molecule has 0 radical (unpaired) electrons. The van der Waals surface area contributed by atoms with Gasteiger partial charge in [-0.25, -0.2) is 0 Å². The van der Waals surface area contributed by atoms with Crippen LogP contribution in [0.4, 0.5) is 0 Å². The maximum atomic E-state index is 3.85. The molecular weight excluding hydrogens is 120 g/mol. The lowest BCUT2D eigenvalue weighted by molar-refractivity contribution is 1.14. The summed E-state index contributed by atoms with van der Waals surface area (Å²) < 4.78 is 0. The first-order chi connectivity index (χ1) is 4.70. The highest BCUT2D eigenvalue weighted by Crippen LogP contribution is 2.03. The quantitative estimate of drug-likeness (QED) is 0.519. The van der Waals surface area contributed by atoms with Gasteiger partial charge in [0, 0.05) is 0 Å². The van der Waals surface area contributed by atoms with Crippen LogP contribution in [0.15, 0.2) is 36.5 Å². The predicted molar refractivity (Wildman–Crippen MR) is 48.0 cm³/mol. The Morgan fingerprint density at radius 2 is 1.30 bits per heavy atom. The van der Waals surface area contributed by atoms with Gasteiger partial charge in [0.2, 0.25) is 0 Å². The highest BCUT2D eigenvalue weighted by Gasteiger charge is 1.82. The molecule has 0 fully saturated rings. The largest absolute Gasteiger partial charge is 0.0958 e.